The Hall–Kier alpha value is -1.31. The molecule has 0 unspecified atom stereocenters. The summed E-state index contributed by atoms with van der Waals surface area (Å²) in [4.78, 5) is 11.1. The Balaban J connectivity index is 0.000000671. The smallest absolute Gasteiger partial charge is 0.162 e. The van der Waals surface area contributed by atoms with Crippen molar-refractivity contribution in [3.05, 3.63) is 29.8 Å². The lowest BCUT2D eigenvalue weighted by Crippen LogP contribution is -1.94. The normalized spacial score (nSPS) is 8.54. The highest BCUT2D eigenvalue weighted by molar-refractivity contribution is 5.96. The quantitative estimate of drug-likeness (QED) is 0.710. The molecule has 1 aromatic rings. The molecule has 72 valence electrons. The summed E-state index contributed by atoms with van der Waals surface area (Å²) < 4.78 is 0. The number of hydrogen-bond donors (Lipinski definition) is 1. The lowest BCUT2D eigenvalue weighted by Gasteiger charge is -1.96. The van der Waals surface area contributed by atoms with Gasteiger partial charge in [-0.15, -0.1) is 0 Å². The minimum Gasteiger partial charge on any atom is -0.508 e. The van der Waals surface area contributed by atoms with E-state index in [1.165, 1.54) is 6.07 Å². The number of hydrogen-bond acceptors (Lipinski definition) is 2. The second kappa shape index (κ2) is 6.23. The van der Waals surface area contributed by atoms with Crippen molar-refractivity contribution in [2.45, 2.75) is 27.2 Å². The predicted octanol–water partition coefficient (Wildman–Crippen LogP) is 3.01. The van der Waals surface area contributed by atoms with E-state index in [-0.39, 0.29) is 11.5 Å². The van der Waals surface area contributed by atoms with Gasteiger partial charge in [-0.3, -0.25) is 4.79 Å². The molecular weight excluding hydrogens is 164 g/mol. The molecule has 2 nitrogen and oxygen atoms in total. The number of phenolic OH excluding ortho intramolecular Hbond substituents is 1. The number of carbonyl (C=O) groups is 1. The van der Waals surface area contributed by atoms with Gasteiger partial charge in [0.25, 0.3) is 0 Å². The van der Waals surface area contributed by atoms with Crippen LogP contribution in [-0.2, 0) is 0 Å². The Kier molecular flexibility index (Phi) is 5.60. The van der Waals surface area contributed by atoms with Gasteiger partial charge in [-0.05, 0) is 12.1 Å². The summed E-state index contributed by atoms with van der Waals surface area (Å²) in [6.07, 6.45) is 0.476. The molecule has 1 rings (SSSR count). The van der Waals surface area contributed by atoms with Crippen LogP contribution in [0.3, 0.4) is 0 Å². The van der Waals surface area contributed by atoms with Crippen molar-refractivity contribution >= 4 is 5.78 Å². The van der Waals surface area contributed by atoms with E-state index in [9.17, 15) is 4.79 Å². The maximum Gasteiger partial charge on any atom is 0.162 e. The van der Waals surface area contributed by atoms with E-state index >= 15 is 0 Å². The summed E-state index contributed by atoms with van der Waals surface area (Å²) in [7, 11) is 0. The lowest BCUT2D eigenvalue weighted by atomic mass is 10.1. The molecule has 0 radical (unpaired) electrons. The molecule has 0 aliphatic carbocycles. The topological polar surface area (TPSA) is 37.3 Å². The van der Waals surface area contributed by atoms with Crippen LogP contribution >= 0.6 is 0 Å². The highest BCUT2D eigenvalue weighted by atomic mass is 16.3. The van der Waals surface area contributed by atoms with Crippen LogP contribution < -0.4 is 0 Å². The number of carbonyl (C=O) groups excluding carboxylic acids is 1. The molecule has 2 heteroatoms. The maximum atomic E-state index is 11.1. The Morgan fingerprint density at radius 2 is 2.00 bits per heavy atom. The molecule has 0 fully saturated rings. The number of benzene rings is 1. The second-order valence-electron chi connectivity index (χ2n) is 2.33. The molecule has 13 heavy (non-hydrogen) atoms. The molecule has 0 heterocycles. The summed E-state index contributed by atoms with van der Waals surface area (Å²) in [5.74, 6) is 0.199. The zero-order chi connectivity index (χ0) is 10.3. The first-order valence-corrected chi connectivity index (χ1v) is 4.56. The van der Waals surface area contributed by atoms with E-state index < -0.39 is 0 Å². The minimum absolute atomic E-state index is 0.0564. The first kappa shape index (κ1) is 11.7. The fourth-order valence-corrected chi connectivity index (χ4v) is 0.883. The van der Waals surface area contributed by atoms with Crippen molar-refractivity contribution < 1.29 is 9.90 Å². The Morgan fingerprint density at radius 3 is 2.46 bits per heavy atom. The van der Waals surface area contributed by atoms with Crippen LogP contribution in [0.15, 0.2) is 24.3 Å². The van der Waals surface area contributed by atoms with Gasteiger partial charge in [-0.2, -0.15) is 0 Å². The zero-order valence-corrected chi connectivity index (χ0v) is 8.37. The van der Waals surface area contributed by atoms with Crippen molar-refractivity contribution in [2.24, 2.45) is 0 Å². The van der Waals surface area contributed by atoms with E-state index in [0.29, 0.717) is 12.0 Å². The molecule has 0 aliphatic heterocycles. The van der Waals surface area contributed by atoms with E-state index in [1.807, 2.05) is 13.8 Å². The van der Waals surface area contributed by atoms with Crippen molar-refractivity contribution in [1.29, 1.82) is 0 Å². The molecule has 0 saturated carbocycles. The standard InChI is InChI=1S/C9H10O2.C2H6/c1-2-9(11)7-4-3-5-8(10)6-7;1-2/h3-6,10H,2H2,1H3;1-2H3. The summed E-state index contributed by atoms with van der Waals surface area (Å²) in [6.45, 7) is 5.80. The van der Waals surface area contributed by atoms with Crippen molar-refractivity contribution in [3.8, 4) is 5.75 Å². The van der Waals surface area contributed by atoms with Crippen LogP contribution in [0.2, 0.25) is 0 Å². The second-order valence-corrected chi connectivity index (χ2v) is 2.33. The van der Waals surface area contributed by atoms with E-state index in [2.05, 4.69) is 0 Å². The third-order valence-corrected chi connectivity index (χ3v) is 1.49. The Bertz CT molecular complexity index is 267. The average Bonchev–Trinajstić information content (AvgIpc) is 2.20. The Labute approximate surface area is 79.2 Å². The van der Waals surface area contributed by atoms with Crippen LogP contribution in [0.1, 0.15) is 37.6 Å². The Morgan fingerprint density at radius 1 is 1.38 bits per heavy atom. The first-order chi connectivity index (χ1) is 6.24. The number of ketones is 1. The van der Waals surface area contributed by atoms with Crippen molar-refractivity contribution in [3.63, 3.8) is 0 Å². The molecule has 0 saturated heterocycles. The number of phenols is 1. The fourth-order valence-electron chi connectivity index (χ4n) is 0.883. The number of aromatic hydroxyl groups is 1. The molecule has 1 N–H and O–H groups in total. The third-order valence-electron chi connectivity index (χ3n) is 1.49. The predicted molar refractivity (Wildman–Crippen MR) is 54.1 cm³/mol. The summed E-state index contributed by atoms with van der Waals surface area (Å²) in [6, 6.07) is 6.39. The van der Waals surface area contributed by atoms with Crippen LogP contribution in [-0.4, -0.2) is 10.9 Å². The van der Waals surface area contributed by atoms with Crippen molar-refractivity contribution in [1.82, 2.24) is 0 Å². The highest BCUT2D eigenvalue weighted by Gasteiger charge is 2.01. The molecule has 1 aromatic carbocycles. The van der Waals surface area contributed by atoms with E-state index in [1.54, 1.807) is 25.1 Å². The fraction of sp³-hybridized carbons (Fsp3) is 0.364. The number of rotatable bonds is 2. The van der Waals surface area contributed by atoms with Gasteiger partial charge < -0.3 is 5.11 Å². The lowest BCUT2D eigenvalue weighted by molar-refractivity contribution is 0.0988. The van der Waals surface area contributed by atoms with Crippen LogP contribution in [0.4, 0.5) is 0 Å². The summed E-state index contributed by atoms with van der Waals surface area (Å²) in [5, 5.41) is 9.01. The van der Waals surface area contributed by atoms with Gasteiger partial charge in [0.15, 0.2) is 5.78 Å². The van der Waals surface area contributed by atoms with Crippen LogP contribution in [0, 0.1) is 0 Å². The largest absolute Gasteiger partial charge is 0.508 e. The highest BCUT2D eigenvalue weighted by Crippen LogP contribution is 2.11. The van der Waals surface area contributed by atoms with Gasteiger partial charge in [-0.1, -0.05) is 32.9 Å². The zero-order valence-electron chi connectivity index (χ0n) is 8.37. The molecule has 0 bridgehead atoms. The van der Waals surface area contributed by atoms with Gasteiger partial charge in [0, 0.05) is 12.0 Å². The monoisotopic (exact) mass is 180 g/mol. The van der Waals surface area contributed by atoms with E-state index in [0.717, 1.165) is 0 Å². The average molecular weight is 180 g/mol. The van der Waals surface area contributed by atoms with Crippen LogP contribution in [0.5, 0.6) is 5.75 Å². The SMILES string of the molecule is CC.CCC(=O)c1cccc(O)c1. The maximum absolute atomic E-state index is 11.1. The molecule has 0 amide bonds. The summed E-state index contributed by atoms with van der Waals surface area (Å²) in [5.41, 5.74) is 0.576. The molecule has 0 atom stereocenters. The summed E-state index contributed by atoms with van der Waals surface area (Å²) >= 11 is 0. The molecule has 0 aliphatic rings. The van der Waals surface area contributed by atoms with Gasteiger partial charge in [0.05, 0.1) is 0 Å². The molecule has 0 aromatic heterocycles. The molecular formula is C11H16O2. The molecule has 0 spiro atoms. The number of Topliss-reactive ketones (excluding diaryl/α,β-unsaturated/α-hetero) is 1. The van der Waals surface area contributed by atoms with Gasteiger partial charge in [0.1, 0.15) is 5.75 Å². The van der Waals surface area contributed by atoms with Gasteiger partial charge in [0.2, 0.25) is 0 Å². The first-order valence-electron chi connectivity index (χ1n) is 4.56. The van der Waals surface area contributed by atoms with Gasteiger partial charge >= 0.3 is 0 Å². The van der Waals surface area contributed by atoms with Gasteiger partial charge in [-0.25, -0.2) is 0 Å². The van der Waals surface area contributed by atoms with E-state index in [4.69, 9.17) is 5.11 Å². The van der Waals surface area contributed by atoms with Crippen molar-refractivity contribution in [2.75, 3.05) is 0 Å². The third kappa shape index (κ3) is 3.74. The van der Waals surface area contributed by atoms with Crippen LogP contribution in [0.25, 0.3) is 0 Å². The minimum atomic E-state index is 0.0564.